The predicted octanol–water partition coefficient (Wildman–Crippen LogP) is 9.65. The fourth-order valence-electron chi connectivity index (χ4n) is 5.61. The molecule has 0 atom stereocenters. The maximum atomic E-state index is 3.61. The normalized spacial score (nSPS) is 15.6. The van der Waals surface area contributed by atoms with Crippen LogP contribution in [0.5, 0.6) is 0 Å². The second-order valence-electron chi connectivity index (χ2n) is 9.93. The van der Waals surface area contributed by atoms with Gasteiger partial charge in [-0.3, -0.25) is 0 Å². The van der Waals surface area contributed by atoms with Crippen molar-refractivity contribution in [2.24, 2.45) is 0 Å². The summed E-state index contributed by atoms with van der Waals surface area (Å²) >= 11 is 3.61. The van der Waals surface area contributed by atoms with E-state index in [2.05, 4.69) is 144 Å². The van der Waals surface area contributed by atoms with E-state index >= 15 is 0 Å². The molecule has 0 amide bonds. The van der Waals surface area contributed by atoms with Gasteiger partial charge in [0.2, 0.25) is 0 Å². The highest BCUT2D eigenvalue weighted by molar-refractivity contribution is 9.10. The first-order chi connectivity index (χ1) is 17.0. The van der Waals surface area contributed by atoms with Gasteiger partial charge < -0.3 is 4.90 Å². The molecule has 0 N–H and O–H groups in total. The minimum Gasteiger partial charge on any atom is -0.314 e. The second-order valence-corrected chi connectivity index (χ2v) is 10.8. The van der Waals surface area contributed by atoms with Crippen LogP contribution in [0.15, 0.2) is 119 Å². The van der Waals surface area contributed by atoms with E-state index < -0.39 is 0 Å². The van der Waals surface area contributed by atoms with Crippen molar-refractivity contribution in [1.82, 2.24) is 0 Å². The monoisotopic (exact) mass is 517 g/mol. The largest absolute Gasteiger partial charge is 0.314 e. The summed E-state index contributed by atoms with van der Waals surface area (Å²) in [5.41, 5.74) is 11.9. The number of allylic oxidation sites excluding steroid dienone is 4. The zero-order chi connectivity index (χ0) is 24.0. The van der Waals surface area contributed by atoms with Crippen LogP contribution in [0.4, 0.5) is 11.4 Å². The summed E-state index contributed by atoms with van der Waals surface area (Å²) in [4.78, 5) is 2.43. The Morgan fingerprint density at radius 2 is 1.34 bits per heavy atom. The van der Waals surface area contributed by atoms with Gasteiger partial charge in [-0.1, -0.05) is 96.5 Å². The molecule has 0 aromatic heterocycles. The Hall–Kier alpha value is -3.36. The van der Waals surface area contributed by atoms with Crippen LogP contribution in [0.2, 0.25) is 0 Å². The van der Waals surface area contributed by atoms with E-state index in [-0.39, 0.29) is 5.41 Å². The van der Waals surface area contributed by atoms with Gasteiger partial charge in [0.15, 0.2) is 0 Å². The number of nitrogens with zero attached hydrogens (tertiary/aromatic N) is 1. The molecule has 0 saturated carbocycles. The van der Waals surface area contributed by atoms with Crippen LogP contribution in [-0.2, 0) is 5.41 Å². The molecule has 2 aliphatic carbocycles. The van der Waals surface area contributed by atoms with Crippen molar-refractivity contribution in [3.63, 3.8) is 0 Å². The third-order valence-electron chi connectivity index (χ3n) is 7.47. The fourth-order valence-corrected chi connectivity index (χ4v) is 5.87. The van der Waals surface area contributed by atoms with Crippen LogP contribution in [-0.4, -0.2) is 0 Å². The zero-order valence-corrected chi connectivity index (χ0v) is 21.7. The summed E-state index contributed by atoms with van der Waals surface area (Å²) in [6, 6.07) is 35.3. The van der Waals surface area contributed by atoms with Crippen LogP contribution in [0.1, 0.15) is 43.4 Å². The van der Waals surface area contributed by atoms with Crippen molar-refractivity contribution < 1.29 is 0 Å². The fraction of sp³-hybridized carbons (Fsp3) is 0.152. The number of fused-ring (bicyclic) bond motifs is 3. The molecule has 0 aliphatic heterocycles. The highest BCUT2D eigenvalue weighted by Crippen LogP contribution is 2.50. The van der Waals surface area contributed by atoms with Gasteiger partial charge in [0.25, 0.3) is 0 Å². The molecule has 0 radical (unpaired) electrons. The van der Waals surface area contributed by atoms with Crippen molar-refractivity contribution in [3.8, 4) is 11.1 Å². The number of halogens is 1. The zero-order valence-electron chi connectivity index (χ0n) is 20.1. The van der Waals surface area contributed by atoms with E-state index in [0.29, 0.717) is 0 Å². The second kappa shape index (κ2) is 8.70. The van der Waals surface area contributed by atoms with E-state index in [1.54, 1.807) is 0 Å². The first-order valence-electron chi connectivity index (χ1n) is 12.3. The Morgan fingerprint density at radius 1 is 0.657 bits per heavy atom. The van der Waals surface area contributed by atoms with Crippen LogP contribution in [0, 0.1) is 0 Å². The number of rotatable bonds is 4. The quantitative estimate of drug-likeness (QED) is 0.260. The molecule has 0 heterocycles. The lowest BCUT2D eigenvalue weighted by Gasteiger charge is -2.31. The molecule has 2 heteroatoms. The third kappa shape index (κ3) is 3.86. The molecule has 0 spiro atoms. The van der Waals surface area contributed by atoms with Gasteiger partial charge in [0.05, 0.1) is 0 Å². The average Bonchev–Trinajstić information content (AvgIpc) is 3.13. The van der Waals surface area contributed by atoms with Gasteiger partial charge in [0, 0.05) is 27.0 Å². The molecule has 0 bridgehead atoms. The Bertz CT molecular complexity index is 1460. The first-order valence-corrected chi connectivity index (χ1v) is 13.1. The first kappa shape index (κ1) is 22.1. The highest BCUT2D eigenvalue weighted by Gasteiger charge is 2.35. The van der Waals surface area contributed by atoms with Gasteiger partial charge in [-0.2, -0.15) is 0 Å². The number of benzene rings is 4. The smallest absolute Gasteiger partial charge is 0.0461 e. The number of hydrogen-bond acceptors (Lipinski definition) is 1. The van der Waals surface area contributed by atoms with Gasteiger partial charge in [-0.25, -0.2) is 0 Å². The van der Waals surface area contributed by atoms with Gasteiger partial charge in [0.1, 0.15) is 0 Å². The molecular weight excluding hydrogens is 490 g/mol. The van der Waals surface area contributed by atoms with Crippen molar-refractivity contribution >= 4 is 32.9 Å². The molecule has 4 aromatic carbocycles. The van der Waals surface area contributed by atoms with Crippen molar-refractivity contribution in [2.75, 3.05) is 4.90 Å². The van der Waals surface area contributed by atoms with Gasteiger partial charge >= 0.3 is 0 Å². The number of anilines is 2. The summed E-state index contributed by atoms with van der Waals surface area (Å²) in [6.45, 7) is 4.69. The molecule has 2 aliphatic rings. The summed E-state index contributed by atoms with van der Waals surface area (Å²) in [5.74, 6) is 0. The predicted molar refractivity (Wildman–Crippen MR) is 152 cm³/mol. The molecule has 4 aromatic rings. The average molecular weight is 518 g/mol. The van der Waals surface area contributed by atoms with E-state index in [9.17, 15) is 0 Å². The summed E-state index contributed by atoms with van der Waals surface area (Å²) in [7, 11) is 0. The standard InChI is InChI=1S/C33H28BrN/c1-33(2)31-11-7-6-10-29(31)30-21-20-28(22-32(30)33)35(27-18-14-25(34)15-19-27)26-16-12-24(13-17-26)23-8-4-3-5-9-23/h3-12,14-16,18-22H,13,17H2,1-2H3. The van der Waals surface area contributed by atoms with Crippen molar-refractivity contribution in [1.29, 1.82) is 0 Å². The van der Waals surface area contributed by atoms with Crippen molar-refractivity contribution in [3.05, 3.63) is 136 Å². The van der Waals surface area contributed by atoms with Gasteiger partial charge in [-0.15, -0.1) is 0 Å². The highest BCUT2D eigenvalue weighted by atomic mass is 79.9. The minimum absolute atomic E-state index is 0.0192. The van der Waals surface area contributed by atoms with Crippen LogP contribution in [0.25, 0.3) is 16.7 Å². The molecule has 172 valence electrons. The van der Waals surface area contributed by atoms with E-state index in [0.717, 1.165) is 17.3 Å². The Morgan fingerprint density at radius 3 is 2.09 bits per heavy atom. The van der Waals surface area contributed by atoms with Crippen molar-refractivity contribution in [2.45, 2.75) is 32.1 Å². The molecule has 0 saturated heterocycles. The minimum atomic E-state index is -0.0192. The van der Waals surface area contributed by atoms with Crippen LogP contribution in [0.3, 0.4) is 0 Å². The molecular formula is C33H28BrN. The Labute approximate surface area is 216 Å². The number of hydrogen-bond donors (Lipinski definition) is 0. The lowest BCUT2D eigenvalue weighted by atomic mass is 9.82. The summed E-state index contributed by atoms with van der Waals surface area (Å²) < 4.78 is 1.09. The Balaban J connectivity index is 1.46. The lowest BCUT2D eigenvalue weighted by Crippen LogP contribution is -2.20. The van der Waals surface area contributed by atoms with E-state index in [1.165, 1.54) is 50.5 Å². The molecule has 35 heavy (non-hydrogen) atoms. The maximum Gasteiger partial charge on any atom is 0.0461 e. The van der Waals surface area contributed by atoms with E-state index in [4.69, 9.17) is 0 Å². The Kier molecular flexibility index (Phi) is 5.50. The van der Waals surface area contributed by atoms with Crippen LogP contribution >= 0.6 is 15.9 Å². The summed E-state index contributed by atoms with van der Waals surface area (Å²) in [6.07, 6.45) is 6.64. The molecule has 0 fully saturated rings. The molecule has 0 unspecified atom stereocenters. The molecule has 6 rings (SSSR count). The van der Waals surface area contributed by atoms with E-state index in [1.807, 2.05) is 0 Å². The SMILES string of the molecule is CC1(C)c2ccccc2-c2ccc(N(C3=CC=C(c4ccccc4)CC3)c3ccc(Br)cc3)cc21. The summed E-state index contributed by atoms with van der Waals surface area (Å²) in [5, 5.41) is 0. The van der Waals surface area contributed by atoms with Crippen LogP contribution < -0.4 is 4.90 Å². The third-order valence-corrected chi connectivity index (χ3v) is 8.00. The van der Waals surface area contributed by atoms with Gasteiger partial charge in [-0.05, 0) is 88.7 Å². The molecule has 1 nitrogen and oxygen atoms in total. The topological polar surface area (TPSA) is 3.24 Å². The lowest BCUT2D eigenvalue weighted by molar-refractivity contribution is 0.660. The maximum absolute atomic E-state index is 3.61.